The van der Waals surface area contributed by atoms with E-state index in [2.05, 4.69) is 21.2 Å². The Bertz CT molecular complexity index is 674. The summed E-state index contributed by atoms with van der Waals surface area (Å²) in [5, 5.41) is 2.80. The van der Waals surface area contributed by atoms with Crippen molar-refractivity contribution in [2.24, 2.45) is 0 Å². The number of carbonyl (C=O) groups is 1. The topological polar surface area (TPSA) is 66.5 Å². The van der Waals surface area contributed by atoms with Crippen LogP contribution in [0.15, 0.2) is 22.7 Å². The van der Waals surface area contributed by atoms with Crippen molar-refractivity contribution < 1.29 is 13.2 Å². The zero-order valence-corrected chi connectivity index (χ0v) is 13.4. The van der Waals surface area contributed by atoms with Crippen molar-refractivity contribution in [3.63, 3.8) is 0 Å². The van der Waals surface area contributed by atoms with Crippen molar-refractivity contribution >= 4 is 37.4 Å². The summed E-state index contributed by atoms with van der Waals surface area (Å²) in [6.07, 6.45) is 0. The Morgan fingerprint density at radius 1 is 1.35 bits per heavy atom. The number of hydrogen-bond donors (Lipinski definition) is 1. The van der Waals surface area contributed by atoms with Gasteiger partial charge in [-0.25, -0.2) is 8.42 Å². The van der Waals surface area contributed by atoms with Crippen molar-refractivity contribution in [3.8, 4) is 0 Å². The highest BCUT2D eigenvalue weighted by molar-refractivity contribution is 9.10. The summed E-state index contributed by atoms with van der Waals surface area (Å²) in [7, 11) is -3.08. The smallest absolute Gasteiger partial charge is 0.239 e. The van der Waals surface area contributed by atoms with Crippen molar-refractivity contribution in [2.45, 2.75) is 19.0 Å². The molecule has 108 valence electrons. The van der Waals surface area contributed by atoms with Crippen molar-refractivity contribution in [1.29, 1.82) is 0 Å². The highest BCUT2D eigenvalue weighted by atomic mass is 79.9. The molecule has 1 aromatic carbocycles. The number of halogens is 1. The van der Waals surface area contributed by atoms with Crippen LogP contribution in [-0.2, 0) is 14.6 Å². The molecule has 20 heavy (non-hydrogen) atoms. The van der Waals surface area contributed by atoms with Gasteiger partial charge >= 0.3 is 0 Å². The molecular weight excluding hydrogens is 344 g/mol. The van der Waals surface area contributed by atoms with Crippen LogP contribution in [0.2, 0.25) is 0 Å². The number of aryl methyl sites for hydroxylation is 1. The second-order valence-electron chi connectivity index (χ2n) is 5.38. The van der Waals surface area contributed by atoms with E-state index in [0.717, 1.165) is 15.7 Å². The molecule has 2 fully saturated rings. The van der Waals surface area contributed by atoms with Crippen molar-refractivity contribution in [1.82, 2.24) is 5.32 Å². The van der Waals surface area contributed by atoms with Gasteiger partial charge in [0.05, 0.1) is 30.1 Å². The molecule has 2 aliphatic heterocycles. The number of fused-ring (bicyclic) bond motifs is 1. The molecule has 0 saturated carbocycles. The number of benzene rings is 1. The van der Waals surface area contributed by atoms with Gasteiger partial charge in [-0.3, -0.25) is 4.79 Å². The van der Waals surface area contributed by atoms with Gasteiger partial charge in [-0.05, 0) is 30.7 Å². The Kier molecular flexibility index (Phi) is 3.29. The number of rotatable bonds is 1. The fraction of sp³-hybridized carbons (Fsp3) is 0.462. The first-order valence-corrected chi connectivity index (χ1v) is 9.00. The van der Waals surface area contributed by atoms with Crippen LogP contribution in [0.25, 0.3) is 0 Å². The quantitative estimate of drug-likeness (QED) is 0.808. The Morgan fingerprint density at radius 2 is 2.10 bits per heavy atom. The third-order valence-corrected chi connectivity index (χ3v) is 6.06. The average molecular weight is 359 g/mol. The van der Waals surface area contributed by atoms with Gasteiger partial charge in [0.15, 0.2) is 9.84 Å². The normalized spacial score (nSPS) is 28.1. The monoisotopic (exact) mass is 358 g/mol. The number of sulfone groups is 1. The van der Waals surface area contributed by atoms with Gasteiger partial charge in [0.2, 0.25) is 5.91 Å². The predicted octanol–water partition coefficient (Wildman–Crippen LogP) is 0.859. The zero-order valence-electron chi connectivity index (χ0n) is 11.0. The number of amides is 1. The Morgan fingerprint density at radius 3 is 2.80 bits per heavy atom. The lowest BCUT2D eigenvalue weighted by Crippen LogP contribution is -2.60. The van der Waals surface area contributed by atoms with Crippen molar-refractivity contribution in [3.05, 3.63) is 28.2 Å². The van der Waals surface area contributed by atoms with Crippen LogP contribution < -0.4 is 10.2 Å². The minimum absolute atomic E-state index is 0.0372. The lowest BCUT2D eigenvalue weighted by Gasteiger charge is -2.39. The van der Waals surface area contributed by atoms with Gasteiger partial charge in [-0.2, -0.15) is 0 Å². The summed E-state index contributed by atoms with van der Waals surface area (Å²) in [6, 6.07) is 5.34. The minimum Gasteiger partial charge on any atom is -0.356 e. The molecule has 1 amide bonds. The van der Waals surface area contributed by atoms with Crippen LogP contribution in [0, 0.1) is 6.92 Å². The fourth-order valence-electron chi connectivity index (χ4n) is 3.00. The molecule has 0 bridgehead atoms. The van der Waals surface area contributed by atoms with E-state index in [1.807, 2.05) is 30.0 Å². The lowest BCUT2D eigenvalue weighted by molar-refractivity contribution is -0.121. The summed E-state index contributed by atoms with van der Waals surface area (Å²) in [4.78, 5) is 13.7. The molecular formula is C13H15BrN2O3S. The lowest BCUT2D eigenvalue weighted by atomic mass is 10.0. The van der Waals surface area contributed by atoms with E-state index >= 15 is 0 Å². The molecule has 2 saturated heterocycles. The Hall–Kier alpha value is -1.08. The highest BCUT2D eigenvalue weighted by Gasteiger charge is 2.45. The first-order chi connectivity index (χ1) is 9.35. The van der Waals surface area contributed by atoms with E-state index < -0.39 is 9.84 Å². The second kappa shape index (κ2) is 4.73. The standard InChI is InChI=1S/C13H15BrN2O3S/c1-8-4-9(14)2-3-11(8)16-5-13(17)15-10-6-20(18,19)7-12(10)16/h2-4,10,12H,5-7H2,1H3,(H,15,17)/t10-,12+/m1/s1. The van der Waals surface area contributed by atoms with Crippen LogP contribution in [0.4, 0.5) is 5.69 Å². The number of carbonyl (C=O) groups excluding carboxylic acids is 1. The molecule has 2 aliphatic rings. The van der Waals surface area contributed by atoms with Crippen LogP contribution in [-0.4, -0.2) is 44.5 Å². The third-order valence-electron chi connectivity index (χ3n) is 3.85. The first-order valence-electron chi connectivity index (χ1n) is 6.38. The Labute approximate surface area is 126 Å². The molecule has 0 aliphatic carbocycles. The average Bonchev–Trinajstić information content (AvgIpc) is 2.62. The third kappa shape index (κ3) is 2.44. The van der Waals surface area contributed by atoms with Gasteiger partial charge in [0.25, 0.3) is 0 Å². The summed E-state index contributed by atoms with van der Waals surface area (Å²) < 4.78 is 24.6. The minimum atomic E-state index is -3.08. The Balaban J connectivity index is 2.01. The number of piperazine rings is 1. The van der Waals surface area contributed by atoms with E-state index in [4.69, 9.17) is 0 Å². The van der Waals surface area contributed by atoms with Crippen LogP contribution >= 0.6 is 15.9 Å². The van der Waals surface area contributed by atoms with Gasteiger partial charge in [0, 0.05) is 10.2 Å². The molecule has 7 heteroatoms. The molecule has 5 nitrogen and oxygen atoms in total. The maximum absolute atomic E-state index is 11.8. The predicted molar refractivity (Wildman–Crippen MR) is 80.6 cm³/mol. The van der Waals surface area contributed by atoms with Crippen molar-refractivity contribution in [2.75, 3.05) is 23.0 Å². The molecule has 1 aromatic rings. The first kappa shape index (κ1) is 13.9. The van der Waals surface area contributed by atoms with Crippen LogP contribution in [0.5, 0.6) is 0 Å². The number of hydrogen-bond acceptors (Lipinski definition) is 4. The largest absolute Gasteiger partial charge is 0.356 e. The number of nitrogens with zero attached hydrogens (tertiary/aromatic N) is 1. The van der Waals surface area contributed by atoms with Gasteiger partial charge < -0.3 is 10.2 Å². The summed E-state index contributed by atoms with van der Waals surface area (Å²) >= 11 is 3.41. The van der Waals surface area contributed by atoms with Crippen LogP contribution in [0.3, 0.4) is 0 Å². The summed E-state index contributed by atoms with van der Waals surface area (Å²) in [6.45, 7) is 2.17. The van der Waals surface area contributed by atoms with E-state index in [1.165, 1.54) is 0 Å². The molecule has 2 atom stereocenters. The molecule has 0 aromatic heterocycles. The maximum Gasteiger partial charge on any atom is 0.239 e. The van der Waals surface area contributed by atoms with Gasteiger partial charge in [-0.15, -0.1) is 0 Å². The molecule has 0 spiro atoms. The molecule has 2 heterocycles. The van der Waals surface area contributed by atoms with E-state index in [9.17, 15) is 13.2 Å². The fourth-order valence-corrected chi connectivity index (χ4v) is 5.40. The highest BCUT2D eigenvalue weighted by Crippen LogP contribution is 2.30. The van der Waals surface area contributed by atoms with E-state index in [0.29, 0.717) is 0 Å². The van der Waals surface area contributed by atoms with Gasteiger partial charge in [-0.1, -0.05) is 15.9 Å². The van der Waals surface area contributed by atoms with Gasteiger partial charge in [0.1, 0.15) is 0 Å². The van der Waals surface area contributed by atoms with E-state index in [1.54, 1.807) is 0 Å². The molecule has 3 rings (SSSR count). The summed E-state index contributed by atoms with van der Waals surface area (Å²) in [5.74, 6) is 0.0220. The molecule has 1 N–H and O–H groups in total. The maximum atomic E-state index is 11.8. The molecule has 0 unspecified atom stereocenters. The van der Waals surface area contributed by atoms with E-state index in [-0.39, 0.29) is 36.0 Å². The summed E-state index contributed by atoms with van der Waals surface area (Å²) in [5.41, 5.74) is 1.95. The second-order valence-corrected chi connectivity index (χ2v) is 8.45. The SMILES string of the molecule is Cc1cc(Br)ccc1N1CC(=O)N[C@@H]2CS(=O)(=O)C[C@@H]21. The molecule has 0 radical (unpaired) electrons. The zero-order chi connectivity index (χ0) is 14.5. The number of anilines is 1. The van der Waals surface area contributed by atoms with Crippen LogP contribution in [0.1, 0.15) is 5.56 Å². The number of nitrogens with one attached hydrogen (secondary N) is 1.